The van der Waals surface area contributed by atoms with Crippen molar-refractivity contribution in [2.45, 2.75) is 32.3 Å². The van der Waals surface area contributed by atoms with Crippen LogP contribution in [0.1, 0.15) is 20.8 Å². The number of nitriles is 1. The van der Waals surface area contributed by atoms with E-state index in [9.17, 15) is 0 Å². The molecule has 0 bridgehead atoms. The van der Waals surface area contributed by atoms with E-state index < -0.39 is 5.97 Å². The highest BCUT2D eigenvalue weighted by Gasteiger charge is 2.39. The molecule has 0 spiro atoms. The summed E-state index contributed by atoms with van der Waals surface area (Å²) >= 11 is 0. The van der Waals surface area contributed by atoms with E-state index in [4.69, 9.17) is 19.5 Å². The van der Waals surface area contributed by atoms with E-state index in [1.807, 2.05) is 20.8 Å². The number of rotatable bonds is 7. The van der Waals surface area contributed by atoms with Gasteiger partial charge in [0.1, 0.15) is 5.54 Å². The average Bonchev–Trinajstić information content (AvgIpc) is 2.17. The summed E-state index contributed by atoms with van der Waals surface area (Å²) in [5, 5.41) is 8.90. The van der Waals surface area contributed by atoms with Crippen LogP contribution in [0.3, 0.4) is 0 Å². The van der Waals surface area contributed by atoms with Crippen LogP contribution in [0.4, 0.5) is 0 Å². The smallest absolute Gasteiger partial charge is 0.295 e. The zero-order chi connectivity index (χ0) is 11.0. The van der Waals surface area contributed by atoms with Gasteiger partial charge in [-0.15, -0.1) is 0 Å². The molecule has 0 saturated heterocycles. The van der Waals surface area contributed by atoms with Crippen LogP contribution in [0, 0.1) is 11.3 Å². The molecule has 5 heteroatoms. The van der Waals surface area contributed by atoms with Crippen LogP contribution in [0.25, 0.3) is 0 Å². The van der Waals surface area contributed by atoms with Gasteiger partial charge in [-0.3, -0.25) is 0 Å². The molecule has 0 amide bonds. The molecule has 0 N–H and O–H groups in total. The Morgan fingerprint density at radius 1 is 1.14 bits per heavy atom. The van der Waals surface area contributed by atoms with Gasteiger partial charge < -0.3 is 14.2 Å². The number of hydrogen-bond donors (Lipinski definition) is 0. The van der Waals surface area contributed by atoms with E-state index in [-0.39, 0.29) is 5.54 Å². The van der Waals surface area contributed by atoms with Gasteiger partial charge in [-0.1, -0.05) is 0 Å². The monoisotopic (exact) mass is 217 g/mol. The second-order valence-electron chi connectivity index (χ2n) is 2.75. The lowest BCUT2D eigenvalue weighted by Gasteiger charge is -2.34. The van der Waals surface area contributed by atoms with Crippen LogP contribution in [-0.4, -0.2) is 36.0 Å². The summed E-state index contributed by atoms with van der Waals surface area (Å²) in [6.07, 6.45) is 0. The van der Waals surface area contributed by atoms with Gasteiger partial charge in [0.2, 0.25) is 0 Å². The molecule has 0 aromatic rings. The SMILES string of the molecule is CCOC(OCC)(OCC)C([SiH3])C#N. The van der Waals surface area contributed by atoms with E-state index in [0.29, 0.717) is 30.1 Å². The molecule has 0 rings (SSSR count). The van der Waals surface area contributed by atoms with Crippen molar-refractivity contribution < 1.29 is 14.2 Å². The molecule has 1 atom stereocenters. The molecule has 0 aromatic heterocycles. The third-order valence-corrected chi connectivity index (χ3v) is 2.73. The summed E-state index contributed by atoms with van der Waals surface area (Å²) in [6.45, 7) is 7.00. The molecule has 1 unspecified atom stereocenters. The first-order valence-electron chi connectivity index (χ1n) is 4.98. The molecule has 0 aromatic carbocycles. The maximum Gasteiger partial charge on any atom is 0.295 e. The molecule has 82 valence electrons. The van der Waals surface area contributed by atoms with Gasteiger partial charge in [-0.25, -0.2) is 0 Å². The van der Waals surface area contributed by atoms with Crippen LogP contribution in [0.5, 0.6) is 0 Å². The van der Waals surface area contributed by atoms with E-state index in [2.05, 4.69) is 6.07 Å². The molecular formula is C9H19NO3Si. The first-order valence-corrected chi connectivity index (χ1v) is 6.13. The fraction of sp³-hybridized carbons (Fsp3) is 0.889. The predicted octanol–water partition coefficient (Wildman–Crippen LogP) is 0.427. The average molecular weight is 217 g/mol. The normalized spacial score (nSPS) is 13.9. The second-order valence-corrected chi connectivity index (χ2v) is 3.91. The molecular weight excluding hydrogens is 198 g/mol. The highest BCUT2D eigenvalue weighted by atomic mass is 28.1. The van der Waals surface area contributed by atoms with E-state index in [1.165, 1.54) is 0 Å². The summed E-state index contributed by atoms with van der Waals surface area (Å²) in [5.74, 6) is -1.14. The molecule has 0 radical (unpaired) electrons. The molecule has 0 fully saturated rings. The topological polar surface area (TPSA) is 51.5 Å². The summed E-state index contributed by atoms with van der Waals surface area (Å²) in [6, 6.07) is 2.15. The highest BCUT2D eigenvalue weighted by Crippen LogP contribution is 2.27. The Hall–Kier alpha value is -0.413. The van der Waals surface area contributed by atoms with Crippen LogP contribution in [0.15, 0.2) is 0 Å². The van der Waals surface area contributed by atoms with Crippen LogP contribution < -0.4 is 0 Å². The lowest BCUT2D eigenvalue weighted by Crippen LogP contribution is -2.43. The number of ether oxygens (including phenoxy) is 3. The van der Waals surface area contributed by atoms with Crippen LogP contribution >= 0.6 is 0 Å². The van der Waals surface area contributed by atoms with Crippen molar-refractivity contribution in [3.8, 4) is 6.07 Å². The van der Waals surface area contributed by atoms with Crippen LogP contribution in [-0.2, 0) is 14.2 Å². The Morgan fingerprint density at radius 2 is 1.50 bits per heavy atom. The van der Waals surface area contributed by atoms with E-state index in [0.717, 1.165) is 0 Å². The molecule has 0 aliphatic heterocycles. The van der Waals surface area contributed by atoms with Crippen molar-refractivity contribution >= 4 is 10.2 Å². The molecule has 0 heterocycles. The maximum atomic E-state index is 8.90. The summed E-state index contributed by atoms with van der Waals surface area (Å²) < 4.78 is 16.3. The van der Waals surface area contributed by atoms with Crippen molar-refractivity contribution in [2.75, 3.05) is 19.8 Å². The first kappa shape index (κ1) is 13.6. The quantitative estimate of drug-likeness (QED) is 0.458. The van der Waals surface area contributed by atoms with Gasteiger partial charge in [-0.2, -0.15) is 5.26 Å². The molecule has 14 heavy (non-hydrogen) atoms. The number of hydrogen-bond acceptors (Lipinski definition) is 4. The fourth-order valence-corrected chi connectivity index (χ4v) is 1.68. The Kier molecular flexibility index (Phi) is 6.75. The Balaban J connectivity index is 4.64. The van der Waals surface area contributed by atoms with E-state index >= 15 is 0 Å². The van der Waals surface area contributed by atoms with Gasteiger partial charge in [0, 0.05) is 30.1 Å². The minimum absolute atomic E-state index is 0.317. The van der Waals surface area contributed by atoms with E-state index in [1.54, 1.807) is 0 Å². The second kappa shape index (κ2) is 6.96. The maximum absolute atomic E-state index is 8.90. The Labute approximate surface area is 88.6 Å². The van der Waals surface area contributed by atoms with Gasteiger partial charge in [0.15, 0.2) is 0 Å². The van der Waals surface area contributed by atoms with Gasteiger partial charge in [0.25, 0.3) is 5.97 Å². The summed E-state index contributed by atoms with van der Waals surface area (Å²) in [4.78, 5) is 0. The zero-order valence-electron chi connectivity index (χ0n) is 9.37. The van der Waals surface area contributed by atoms with Crippen LogP contribution in [0.2, 0.25) is 5.54 Å². The molecule has 4 nitrogen and oxygen atoms in total. The van der Waals surface area contributed by atoms with Gasteiger partial charge in [-0.05, 0) is 20.8 Å². The Morgan fingerprint density at radius 3 is 1.71 bits per heavy atom. The predicted molar refractivity (Wildman–Crippen MR) is 56.9 cm³/mol. The standard InChI is InChI=1S/C9H19NO3Si/c1-4-11-9(12-5-2,13-6-3)8(14)7-10/h8H,4-6H2,1-3,14H3. The van der Waals surface area contributed by atoms with Gasteiger partial charge >= 0.3 is 0 Å². The summed E-state index contributed by atoms with van der Waals surface area (Å²) in [5.41, 5.74) is -0.317. The minimum atomic E-state index is -1.14. The minimum Gasteiger partial charge on any atom is -0.327 e. The largest absolute Gasteiger partial charge is 0.327 e. The van der Waals surface area contributed by atoms with Crippen molar-refractivity contribution in [1.82, 2.24) is 0 Å². The fourth-order valence-electron chi connectivity index (χ4n) is 1.18. The lowest BCUT2D eigenvalue weighted by atomic mass is 10.3. The zero-order valence-corrected chi connectivity index (χ0v) is 11.4. The molecule has 0 aliphatic carbocycles. The first-order chi connectivity index (χ1) is 6.66. The third kappa shape index (κ3) is 3.39. The van der Waals surface area contributed by atoms with Crippen molar-refractivity contribution in [2.24, 2.45) is 0 Å². The number of nitrogens with zero attached hydrogens (tertiary/aromatic N) is 1. The summed E-state index contributed by atoms with van der Waals surface area (Å²) in [7, 11) is 0.653. The van der Waals surface area contributed by atoms with Crippen molar-refractivity contribution in [3.63, 3.8) is 0 Å². The molecule has 0 aliphatic rings. The Bertz CT molecular complexity index is 176. The van der Waals surface area contributed by atoms with Gasteiger partial charge in [0.05, 0.1) is 6.07 Å². The molecule has 0 saturated carbocycles. The van der Waals surface area contributed by atoms with Crippen molar-refractivity contribution in [3.05, 3.63) is 0 Å². The highest BCUT2D eigenvalue weighted by molar-refractivity contribution is 6.14. The third-order valence-electron chi connectivity index (χ3n) is 1.76. The van der Waals surface area contributed by atoms with Crippen molar-refractivity contribution in [1.29, 1.82) is 5.26 Å². The lowest BCUT2D eigenvalue weighted by molar-refractivity contribution is -0.373.